The van der Waals surface area contributed by atoms with Crippen LogP contribution in [0.5, 0.6) is 0 Å². The molecular weight excluding hydrogens is 266 g/mol. The molecule has 0 aromatic rings. The quantitative estimate of drug-likeness (QED) is 0.765. The van der Waals surface area contributed by atoms with Crippen molar-refractivity contribution in [3.8, 4) is 0 Å². The zero-order valence-corrected chi connectivity index (χ0v) is 14.4. The van der Waals surface area contributed by atoms with E-state index < -0.39 is 6.10 Å². The van der Waals surface area contributed by atoms with Crippen molar-refractivity contribution in [3.63, 3.8) is 0 Å². The Morgan fingerprint density at radius 2 is 1.86 bits per heavy atom. The fourth-order valence-corrected chi connectivity index (χ4v) is 3.22. The SMILES string of the molecule is CCOC(=O)C(CC)OC1(CN)CCC(C(C)(C)C)CC1. The highest BCUT2D eigenvalue weighted by molar-refractivity contribution is 5.74. The molecule has 0 radical (unpaired) electrons. The van der Waals surface area contributed by atoms with Gasteiger partial charge in [0.2, 0.25) is 0 Å². The van der Waals surface area contributed by atoms with Crippen LogP contribution in [0.25, 0.3) is 0 Å². The summed E-state index contributed by atoms with van der Waals surface area (Å²) >= 11 is 0. The number of nitrogens with two attached hydrogens (primary N) is 1. The van der Waals surface area contributed by atoms with E-state index >= 15 is 0 Å². The van der Waals surface area contributed by atoms with Crippen LogP contribution in [0.15, 0.2) is 0 Å². The predicted octanol–water partition coefficient (Wildman–Crippen LogP) is 3.28. The largest absolute Gasteiger partial charge is 0.464 e. The van der Waals surface area contributed by atoms with E-state index in [0.717, 1.165) is 25.7 Å². The number of esters is 1. The highest BCUT2D eigenvalue weighted by Crippen LogP contribution is 2.43. The van der Waals surface area contributed by atoms with Crippen molar-refractivity contribution in [2.45, 2.75) is 78.4 Å². The Balaban J connectivity index is 2.68. The molecular formula is C17H33NO3. The summed E-state index contributed by atoms with van der Waals surface area (Å²) in [5.41, 5.74) is 5.97. The smallest absolute Gasteiger partial charge is 0.335 e. The van der Waals surface area contributed by atoms with Gasteiger partial charge in [-0.3, -0.25) is 0 Å². The lowest BCUT2D eigenvalue weighted by molar-refractivity contribution is -0.175. The lowest BCUT2D eigenvalue weighted by atomic mass is 9.68. The highest BCUT2D eigenvalue weighted by Gasteiger charge is 2.41. The van der Waals surface area contributed by atoms with Crippen molar-refractivity contribution >= 4 is 5.97 Å². The van der Waals surface area contributed by atoms with E-state index in [0.29, 0.717) is 30.9 Å². The standard InChI is InChI=1S/C17H33NO3/c1-6-14(15(19)20-7-2)21-17(12-18)10-8-13(9-11-17)16(3,4)5/h13-14H,6-12,18H2,1-5H3. The van der Waals surface area contributed by atoms with E-state index in [1.54, 1.807) is 0 Å². The first-order valence-corrected chi connectivity index (χ1v) is 8.32. The van der Waals surface area contributed by atoms with Crippen LogP contribution in [0, 0.1) is 11.3 Å². The second kappa shape index (κ2) is 7.59. The van der Waals surface area contributed by atoms with Crippen molar-refractivity contribution in [2.75, 3.05) is 13.2 Å². The van der Waals surface area contributed by atoms with Crippen molar-refractivity contribution in [1.29, 1.82) is 0 Å². The molecule has 1 saturated carbocycles. The summed E-state index contributed by atoms with van der Waals surface area (Å²) in [5, 5.41) is 0. The summed E-state index contributed by atoms with van der Waals surface area (Å²) in [7, 11) is 0. The van der Waals surface area contributed by atoms with Gasteiger partial charge in [0.25, 0.3) is 0 Å². The maximum atomic E-state index is 11.9. The molecule has 0 aromatic carbocycles. The summed E-state index contributed by atoms with van der Waals surface area (Å²) < 4.78 is 11.2. The number of carbonyl (C=O) groups excluding carboxylic acids is 1. The van der Waals surface area contributed by atoms with Gasteiger partial charge in [0.1, 0.15) is 0 Å². The fourth-order valence-electron chi connectivity index (χ4n) is 3.22. The summed E-state index contributed by atoms with van der Waals surface area (Å²) in [5.74, 6) is 0.439. The van der Waals surface area contributed by atoms with Gasteiger partial charge >= 0.3 is 5.97 Å². The first kappa shape index (κ1) is 18.4. The van der Waals surface area contributed by atoms with Crippen LogP contribution in [0.3, 0.4) is 0 Å². The Bertz CT molecular complexity index is 327. The third-order valence-corrected chi connectivity index (χ3v) is 4.81. The third-order valence-electron chi connectivity index (χ3n) is 4.81. The van der Waals surface area contributed by atoms with Gasteiger partial charge < -0.3 is 15.2 Å². The Kier molecular flexibility index (Phi) is 6.67. The number of ether oxygens (including phenoxy) is 2. The number of carbonyl (C=O) groups is 1. The first-order chi connectivity index (χ1) is 9.78. The number of hydrogen-bond donors (Lipinski definition) is 1. The molecule has 4 heteroatoms. The molecule has 0 aromatic heterocycles. The van der Waals surface area contributed by atoms with Gasteiger partial charge in [-0.25, -0.2) is 4.79 Å². The molecule has 0 amide bonds. The average Bonchev–Trinajstić information content (AvgIpc) is 2.44. The topological polar surface area (TPSA) is 61.5 Å². The van der Waals surface area contributed by atoms with Crippen LogP contribution in [0.1, 0.15) is 66.7 Å². The minimum atomic E-state index is -0.486. The Hall–Kier alpha value is -0.610. The van der Waals surface area contributed by atoms with Crippen molar-refractivity contribution in [1.82, 2.24) is 0 Å². The van der Waals surface area contributed by atoms with E-state index in [-0.39, 0.29) is 11.6 Å². The second-order valence-corrected chi connectivity index (χ2v) is 7.29. The predicted molar refractivity (Wildman–Crippen MR) is 85.0 cm³/mol. The number of rotatable bonds is 6. The summed E-state index contributed by atoms with van der Waals surface area (Å²) in [6.07, 6.45) is 4.23. The molecule has 2 N–H and O–H groups in total. The monoisotopic (exact) mass is 299 g/mol. The van der Waals surface area contributed by atoms with Gasteiger partial charge in [-0.1, -0.05) is 27.7 Å². The molecule has 0 saturated heterocycles. The zero-order chi connectivity index (χ0) is 16.1. The molecule has 1 rings (SSSR count). The molecule has 1 aliphatic rings. The maximum Gasteiger partial charge on any atom is 0.335 e. The first-order valence-electron chi connectivity index (χ1n) is 8.32. The second-order valence-electron chi connectivity index (χ2n) is 7.29. The molecule has 1 unspecified atom stereocenters. The van der Waals surface area contributed by atoms with Gasteiger partial charge in [0, 0.05) is 6.54 Å². The van der Waals surface area contributed by atoms with Crippen LogP contribution in [-0.2, 0) is 14.3 Å². The van der Waals surface area contributed by atoms with Crippen LogP contribution >= 0.6 is 0 Å². The Morgan fingerprint density at radius 3 is 2.24 bits per heavy atom. The summed E-state index contributed by atoms with van der Waals surface area (Å²) in [6, 6.07) is 0. The van der Waals surface area contributed by atoms with Crippen LogP contribution in [0.4, 0.5) is 0 Å². The van der Waals surface area contributed by atoms with E-state index in [4.69, 9.17) is 15.2 Å². The minimum absolute atomic E-state index is 0.259. The average molecular weight is 299 g/mol. The number of hydrogen-bond acceptors (Lipinski definition) is 4. The van der Waals surface area contributed by atoms with Gasteiger partial charge in [0.15, 0.2) is 6.10 Å². The molecule has 0 bridgehead atoms. The fraction of sp³-hybridized carbons (Fsp3) is 0.941. The zero-order valence-electron chi connectivity index (χ0n) is 14.4. The van der Waals surface area contributed by atoms with E-state index in [9.17, 15) is 4.79 Å². The molecule has 1 atom stereocenters. The maximum absolute atomic E-state index is 11.9. The van der Waals surface area contributed by atoms with E-state index in [1.165, 1.54) is 0 Å². The molecule has 4 nitrogen and oxygen atoms in total. The Morgan fingerprint density at radius 1 is 1.29 bits per heavy atom. The highest BCUT2D eigenvalue weighted by atomic mass is 16.6. The van der Waals surface area contributed by atoms with Crippen molar-refractivity contribution in [3.05, 3.63) is 0 Å². The molecule has 0 aliphatic heterocycles. The molecule has 21 heavy (non-hydrogen) atoms. The molecule has 0 spiro atoms. The lowest BCUT2D eigenvalue weighted by Gasteiger charge is -2.44. The summed E-state index contributed by atoms with van der Waals surface area (Å²) in [4.78, 5) is 11.9. The molecule has 1 fully saturated rings. The third kappa shape index (κ3) is 4.96. The minimum Gasteiger partial charge on any atom is -0.464 e. The lowest BCUT2D eigenvalue weighted by Crippen LogP contribution is -2.49. The molecule has 124 valence electrons. The molecule has 0 heterocycles. The van der Waals surface area contributed by atoms with Crippen LogP contribution < -0.4 is 5.73 Å². The van der Waals surface area contributed by atoms with Crippen molar-refractivity contribution in [2.24, 2.45) is 17.1 Å². The van der Waals surface area contributed by atoms with Crippen LogP contribution in [-0.4, -0.2) is 30.8 Å². The van der Waals surface area contributed by atoms with Gasteiger partial charge in [-0.05, 0) is 50.4 Å². The normalized spacial score (nSPS) is 28.2. The van der Waals surface area contributed by atoms with Crippen molar-refractivity contribution < 1.29 is 14.3 Å². The summed E-state index contributed by atoms with van der Waals surface area (Å²) in [6.45, 7) is 11.5. The van der Waals surface area contributed by atoms with Crippen LogP contribution in [0.2, 0.25) is 0 Å². The van der Waals surface area contributed by atoms with Gasteiger partial charge in [-0.2, -0.15) is 0 Å². The molecule has 1 aliphatic carbocycles. The van der Waals surface area contributed by atoms with Gasteiger partial charge in [-0.15, -0.1) is 0 Å². The Labute approximate surface area is 129 Å². The van der Waals surface area contributed by atoms with E-state index in [1.807, 2.05) is 13.8 Å². The van der Waals surface area contributed by atoms with E-state index in [2.05, 4.69) is 20.8 Å². The van der Waals surface area contributed by atoms with Gasteiger partial charge in [0.05, 0.1) is 12.2 Å².